The molecule has 5 rings (SSSR count). The standard InChI is InChI=1S/C24H23N3O/c1-26-16-13-24(14-17-26)21-8-5-15-25-22(21)27(23(24)28)20-11-9-19(10-12-20)18-6-3-2-4-7-18/h2-12,15H,13-14,16-17H2,1H3. The van der Waals surface area contributed by atoms with E-state index in [4.69, 9.17) is 0 Å². The molecule has 1 aromatic heterocycles. The van der Waals surface area contributed by atoms with Crippen molar-refractivity contribution in [2.24, 2.45) is 0 Å². The van der Waals surface area contributed by atoms with Crippen LogP contribution in [-0.4, -0.2) is 35.9 Å². The first-order chi connectivity index (χ1) is 13.7. The first-order valence-corrected chi connectivity index (χ1v) is 9.83. The van der Waals surface area contributed by atoms with Crippen LogP contribution < -0.4 is 4.90 Å². The normalized spacial score (nSPS) is 18.5. The number of pyridine rings is 1. The fourth-order valence-corrected chi connectivity index (χ4v) is 4.53. The second-order valence-corrected chi connectivity index (χ2v) is 7.81. The average molecular weight is 369 g/mol. The van der Waals surface area contributed by atoms with Gasteiger partial charge in [0.1, 0.15) is 5.82 Å². The van der Waals surface area contributed by atoms with Crippen LogP contribution in [0, 0.1) is 0 Å². The number of rotatable bonds is 2. The lowest BCUT2D eigenvalue weighted by Gasteiger charge is -2.36. The van der Waals surface area contributed by atoms with Crippen LogP contribution in [-0.2, 0) is 10.2 Å². The minimum Gasteiger partial charge on any atom is -0.306 e. The van der Waals surface area contributed by atoms with Crippen LogP contribution in [0.2, 0.25) is 0 Å². The molecule has 4 nitrogen and oxygen atoms in total. The summed E-state index contributed by atoms with van der Waals surface area (Å²) < 4.78 is 0. The van der Waals surface area contributed by atoms with E-state index in [2.05, 4.69) is 47.3 Å². The van der Waals surface area contributed by atoms with Gasteiger partial charge in [0, 0.05) is 11.8 Å². The molecule has 0 N–H and O–H groups in total. The second-order valence-electron chi connectivity index (χ2n) is 7.81. The Hall–Kier alpha value is -2.98. The molecule has 3 aromatic rings. The fraction of sp³-hybridized carbons (Fsp3) is 0.250. The first-order valence-electron chi connectivity index (χ1n) is 9.83. The van der Waals surface area contributed by atoms with E-state index in [1.54, 1.807) is 6.20 Å². The van der Waals surface area contributed by atoms with Crippen LogP contribution in [0.15, 0.2) is 72.9 Å². The Balaban J connectivity index is 1.55. The maximum absolute atomic E-state index is 13.7. The summed E-state index contributed by atoms with van der Waals surface area (Å²) in [5.41, 5.74) is 3.85. The number of carbonyl (C=O) groups excluding carboxylic acids is 1. The number of hydrogen-bond acceptors (Lipinski definition) is 3. The van der Waals surface area contributed by atoms with Crippen molar-refractivity contribution in [3.05, 3.63) is 78.5 Å². The van der Waals surface area contributed by atoms with E-state index in [0.717, 1.165) is 48.6 Å². The average Bonchev–Trinajstić information content (AvgIpc) is 2.99. The van der Waals surface area contributed by atoms with Gasteiger partial charge in [-0.1, -0.05) is 48.5 Å². The van der Waals surface area contributed by atoms with Crippen LogP contribution in [0.25, 0.3) is 11.1 Å². The summed E-state index contributed by atoms with van der Waals surface area (Å²) in [4.78, 5) is 22.4. The van der Waals surface area contributed by atoms with Crippen LogP contribution in [0.1, 0.15) is 18.4 Å². The monoisotopic (exact) mass is 369 g/mol. The third-order valence-corrected chi connectivity index (χ3v) is 6.20. The van der Waals surface area contributed by atoms with E-state index in [0.29, 0.717) is 0 Å². The molecular formula is C24H23N3O. The van der Waals surface area contributed by atoms with Crippen molar-refractivity contribution in [2.45, 2.75) is 18.3 Å². The van der Waals surface area contributed by atoms with Crippen molar-refractivity contribution < 1.29 is 4.79 Å². The molecular weight excluding hydrogens is 346 g/mol. The number of piperidine rings is 1. The Bertz CT molecular complexity index is 1010. The SMILES string of the molecule is CN1CCC2(CC1)C(=O)N(c1ccc(-c3ccccc3)cc1)c1ncccc12. The zero-order valence-corrected chi connectivity index (χ0v) is 16.0. The van der Waals surface area contributed by atoms with Gasteiger partial charge < -0.3 is 4.90 Å². The third-order valence-electron chi connectivity index (χ3n) is 6.20. The first kappa shape index (κ1) is 17.1. The molecule has 1 spiro atoms. The predicted molar refractivity (Wildman–Crippen MR) is 112 cm³/mol. The number of benzene rings is 2. The lowest BCUT2D eigenvalue weighted by atomic mass is 9.74. The number of nitrogens with zero attached hydrogens (tertiary/aromatic N) is 3. The maximum Gasteiger partial charge on any atom is 0.243 e. The number of likely N-dealkylation sites (tertiary alicyclic amines) is 1. The van der Waals surface area contributed by atoms with Crippen molar-refractivity contribution >= 4 is 17.4 Å². The fourth-order valence-electron chi connectivity index (χ4n) is 4.53. The molecule has 2 aliphatic heterocycles. The van der Waals surface area contributed by atoms with Gasteiger partial charge in [0.15, 0.2) is 0 Å². The zero-order chi connectivity index (χ0) is 19.1. The molecule has 0 atom stereocenters. The summed E-state index contributed by atoms with van der Waals surface area (Å²) in [5.74, 6) is 0.964. The highest BCUT2D eigenvalue weighted by Crippen LogP contribution is 2.49. The molecule has 0 radical (unpaired) electrons. The number of aromatic nitrogens is 1. The van der Waals surface area contributed by atoms with Gasteiger partial charge in [-0.05, 0) is 62.3 Å². The van der Waals surface area contributed by atoms with Crippen LogP contribution in [0.4, 0.5) is 11.5 Å². The van der Waals surface area contributed by atoms with Crippen molar-refractivity contribution in [1.82, 2.24) is 9.88 Å². The van der Waals surface area contributed by atoms with Crippen molar-refractivity contribution in [3.63, 3.8) is 0 Å². The number of amides is 1. The van der Waals surface area contributed by atoms with Gasteiger partial charge in [-0.25, -0.2) is 4.98 Å². The minimum atomic E-state index is -0.436. The van der Waals surface area contributed by atoms with E-state index in [-0.39, 0.29) is 5.91 Å². The Morgan fingerprint density at radius 2 is 1.54 bits per heavy atom. The summed E-state index contributed by atoms with van der Waals surface area (Å²) in [6.07, 6.45) is 3.48. The zero-order valence-electron chi connectivity index (χ0n) is 16.0. The predicted octanol–water partition coefficient (Wildman–Crippen LogP) is 4.39. The smallest absolute Gasteiger partial charge is 0.243 e. The molecule has 0 unspecified atom stereocenters. The third kappa shape index (κ3) is 2.56. The van der Waals surface area contributed by atoms with Crippen LogP contribution in [0.3, 0.4) is 0 Å². The molecule has 4 heteroatoms. The molecule has 0 saturated carbocycles. The molecule has 1 amide bonds. The van der Waals surface area contributed by atoms with Crippen molar-refractivity contribution in [3.8, 4) is 11.1 Å². The molecule has 0 aliphatic carbocycles. The lowest BCUT2D eigenvalue weighted by molar-refractivity contribution is -0.124. The Morgan fingerprint density at radius 3 is 2.25 bits per heavy atom. The quantitative estimate of drug-likeness (QED) is 0.672. The molecule has 0 bridgehead atoms. The molecule has 1 saturated heterocycles. The Morgan fingerprint density at radius 1 is 0.857 bits per heavy atom. The molecule has 140 valence electrons. The van der Waals surface area contributed by atoms with Gasteiger partial charge in [0.05, 0.1) is 11.1 Å². The molecule has 28 heavy (non-hydrogen) atoms. The summed E-state index contributed by atoms with van der Waals surface area (Å²) in [6.45, 7) is 1.86. The van der Waals surface area contributed by atoms with E-state index in [1.807, 2.05) is 41.3 Å². The van der Waals surface area contributed by atoms with Gasteiger partial charge in [0.2, 0.25) is 5.91 Å². The van der Waals surface area contributed by atoms with Crippen molar-refractivity contribution in [2.75, 3.05) is 25.0 Å². The summed E-state index contributed by atoms with van der Waals surface area (Å²) in [7, 11) is 2.12. The van der Waals surface area contributed by atoms with E-state index in [1.165, 1.54) is 5.56 Å². The number of carbonyl (C=O) groups is 1. The summed E-state index contributed by atoms with van der Waals surface area (Å²) in [5, 5.41) is 0. The van der Waals surface area contributed by atoms with E-state index < -0.39 is 5.41 Å². The van der Waals surface area contributed by atoms with Gasteiger partial charge in [-0.2, -0.15) is 0 Å². The molecule has 2 aromatic carbocycles. The molecule has 3 heterocycles. The van der Waals surface area contributed by atoms with Gasteiger partial charge in [-0.15, -0.1) is 0 Å². The summed E-state index contributed by atoms with van der Waals surface area (Å²) in [6, 6.07) is 22.6. The largest absolute Gasteiger partial charge is 0.306 e. The lowest BCUT2D eigenvalue weighted by Crippen LogP contribution is -2.46. The number of hydrogen-bond donors (Lipinski definition) is 0. The minimum absolute atomic E-state index is 0.168. The summed E-state index contributed by atoms with van der Waals surface area (Å²) >= 11 is 0. The molecule has 1 fully saturated rings. The van der Waals surface area contributed by atoms with Gasteiger partial charge in [0.25, 0.3) is 0 Å². The maximum atomic E-state index is 13.7. The number of anilines is 2. The van der Waals surface area contributed by atoms with Crippen LogP contribution in [0.5, 0.6) is 0 Å². The van der Waals surface area contributed by atoms with E-state index in [9.17, 15) is 4.79 Å². The highest BCUT2D eigenvalue weighted by atomic mass is 16.2. The Labute approximate surface area is 165 Å². The highest BCUT2D eigenvalue weighted by molar-refractivity contribution is 6.12. The highest BCUT2D eigenvalue weighted by Gasteiger charge is 2.52. The second kappa shape index (κ2) is 6.57. The van der Waals surface area contributed by atoms with Gasteiger partial charge in [-0.3, -0.25) is 9.69 Å². The van der Waals surface area contributed by atoms with E-state index >= 15 is 0 Å². The Kier molecular flexibility index (Phi) is 4.02. The molecule has 2 aliphatic rings. The number of fused-ring (bicyclic) bond motifs is 2. The van der Waals surface area contributed by atoms with Crippen molar-refractivity contribution in [1.29, 1.82) is 0 Å². The topological polar surface area (TPSA) is 36.4 Å². The van der Waals surface area contributed by atoms with Gasteiger partial charge >= 0.3 is 0 Å². The van der Waals surface area contributed by atoms with Crippen LogP contribution >= 0.6 is 0 Å².